The lowest BCUT2D eigenvalue weighted by atomic mass is 10.1. The van der Waals surface area contributed by atoms with Crippen LogP contribution in [0.15, 0.2) is 9.52 Å². The van der Waals surface area contributed by atoms with Crippen LogP contribution in [-0.4, -0.2) is 44.5 Å². The molecule has 6 nitrogen and oxygen atoms in total. The molecule has 122 valence electrons. The fourth-order valence-electron chi connectivity index (χ4n) is 1.91. The van der Waals surface area contributed by atoms with Crippen molar-refractivity contribution in [2.45, 2.75) is 33.6 Å². The van der Waals surface area contributed by atoms with Crippen molar-refractivity contribution in [2.75, 3.05) is 33.4 Å². The van der Waals surface area contributed by atoms with Gasteiger partial charge in [-0.2, -0.15) is 0 Å². The molecule has 0 unspecified atom stereocenters. The van der Waals surface area contributed by atoms with E-state index in [1.54, 1.807) is 7.11 Å². The molecule has 0 aliphatic heterocycles. The lowest BCUT2D eigenvalue weighted by Gasteiger charge is -2.11. The van der Waals surface area contributed by atoms with Gasteiger partial charge in [-0.3, -0.25) is 4.99 Å². The van der Waals surface area contributed by atoms with E-state index in [1.165, 1.54) is 5.56 Å². The predicted molar refractivity (Wildman–Crippen MR) is 95.6 cm³/mol. The van der Waals surface area contributed by atoms with E-state index < -0.39 is 0 Å². The lowest BCUT2D eigenvalue weighted by Crippen LogP contribution is -2.38. The van der Waals surface area contributed by atoms with Gasteiger partial charge >= 0.3 is 0 Å². The van der Waals surface area contributed by atoms with Crippen LogP contribution >= 0.6 is 24.0 Å². The second kappa shape index (κ2) is 11.8. The van der Waals surface area contributed by atoms with Gasteiger partial charge in [0, 0.05) is 38.9 Å². The van der Waals surface area contributed by atoms with E-state index in [-0.39, 0.29) is 24.0 Å². The second-order valence-corrected chi connectivity index (χ2v) is 4.59. The summed E-state index contributed by atoms with van der Waals surface area (Å²) in [6, 6.07) is 0. The molecule has 1 aromatic rings. The van der Waals surface area contributed by atoms with Crippen molar-refractivity contribution in [1.29, 1.82) is 0 Å². The van der Waals surface area contributed by atoms with Crippen molar-refractivity contribution in [3.05, 3.63) is 17.0 Å². The topological polar surface area (TPSA) is 71.7 Å². The summed E-state index contributed by atoms with van der Waals surface area (Å²) in [5.74, 6) is 1.74. The Morgan fingerprint density at radius 1 is 1.33 bits per heavy atom. The number of ether oxygens (including phenoxy) is 1. The van der Waals surface area contributed by atoms with Gasteiger partial charge in [0.2, 0.25) is 0 Å². The Kier molecular flexibility index (Phi) is 11.3. The number of hydrogen-bond donors (Lipinski definition) is 2. The molecule has 0 aliphatic rings. The maximum absolute atomic E-state index is 5.15. The number of guanidine groups is 1. The first kappa shape index (κ1) is 20.2. The first-order valence-corrected chi connectivity index (χ1v) is 7.11. The molecule has 0 bridgehead atoms. The molecule has 21 heavy (non-hydrogen) atoms. The standard InChI is InChI=1S/C14H26N4O2.HI/c1-5-15-14(16-8-6-10-19-4)17-9-7-13-11(2)18-20-12(13)3;/h5-10H2,1-4H3,(H2,15,16,17);1H. The predicted octanol–water partition coefficient (Wildman–Crippen LogP) is 2.04. The smallest absolute Gasteiger partial charge is 0.191 e. The zero-order valence-corrected chi connectivity index (χ0v) is 15.7. The zero-order valence-electron chi connectivity index (χ0n) is 13.4. The van der Waals surface area contributed by atoms with Crippen LogP contribution in [0.4, 0.5) is 0 Å². The van der Waals surface area contributed by atoms with Crippen molar-refractivity contribution < 1.29 is 9.26 Å². The molecule has 0 radical (unpaired) electrons. The minimum absolute atomic E-state index is 0. The van der Waals surface area contributed by atoms with E-state index in [0.717, 1.165) is 56.5 Å². The third kappa shape index (κ3) is 7.66. The van der Waals surface area contributed by atoms with Gasteiger partial charge in [-0.25, -0.2) is 0 Å². The minimum Gasteiger partial charge on any atom is -0.385 e. The summed E-state index contributed by atoms with van der Waals surface area (Å²) in [7, 11) is 1.71. The van der Waals surface area contributed by atoms with Gasteiger partial charge in [-0.05, 0) is 33.6 Å². The molecule has 0 amide bonds. The van der Waals surface area contributed by atoms with E-state index in [4.69, 9.17) is 9.26 Å². The molecule has 0 saturated carbocycles. The Labute approximate surface area is 144 Å². The van der Waals surface area contributed by atoms with Gasteiger partial charge in [-0.15, -0.1) is 24.0 Å². The lowest BCUT2D eigenvalue weighted by molar-refractivity contribution is 0.197. The number of hydrogen-bond acceptors (Lipinski definition) is 4. The van der Waals surface area contributed by atoms with E-state index in [1.807, 2.05) is 13.8 Å². The first-order valence-electron chi connectivity index (χ1n) is 7.11. The number of aryl methyl sites for hydroxylation is 2. The number of rotatable bonds is 8. The highest BCUT2D eigenvalue weighted by Gasteiger charge is 2.08. The highest BCUT2D eigenvalue weighted by atomic mass is 127. The molecule has 1 heterocycles. The highest BCUT2D eigenvalue weighted by molar-refractivity contribution is 14.0. The van der Waals surface area contributed by atoms with Crippen LogP contribution in [0.3, 0.4) is 0 Å². The second-order valence-electron chi connectivity index (χ2n) is 4.59. The Hall–Kier alpha value is -0.830. The average Bonchev–Trinajstić information content (AvgIpc) is 2.75. The number of aliphatic imine (C=N–C) groups is 1. The van der Waals surface area contributed by atoms with Crippen molar-refractivity contribution >= 4 is 29.9 Å². The molecule has 0 aliphatic carbocycles. The third-order valence-corrected chi connectivity index (χ3v) is 2.97. The van der Waals surface area contributed by atoms with Crippen LogP contribution in [0, 0.1) is 13.8 Å². The van der Waals surface area contributed by atoms with Crippen LogP contribution in [0.25, 0.3) is 0 Å². The maximum Gasteiger partial charge on any atom is 0.191 e. The van der Waals surface area contributed by atoms with Crippen LogP contribution in [-0.2, 0) is 11.2 Å². The van der Waals surface area contributed by atoms with Crippen molar-refractivity contribution in [1.82, 2.24) is 15.8 Å². The van der Waals surface area contributed by atoms with Gasteiger partial charge < -0.3 is 19.9 Å². The summed E-state index contributed by atoms with van der Waals surface area (Å²) >= 11 is 0. The van der Waals surface area contributed by atoms with Gasteiger partial charge in [0.25, 0.3) is 0 Å². The number of methoxy groups -OCH3 is 1. The highest BCUT2D eigenvalue weighted by Crippen LogP contribution is 2.11. The summed E-state index contributed by atoms with van der Waals surface area (Å²) < 4.78 is 10.2. The number of halogens is 1. The number of nitrogens with one attached hydrogen (secondary N) is 2. The Morgan fingerprint density at radius 2 is 2.10 bits per heavy atom. The minimum atomic E-state index is 0. The third-order valence-electron chi connectivity index (χ3n) is 2.97. The van der Waals surface area contributed by atoms with Crippen molar-refractivity contribution in [3.8, 4) is 0 Å². The molecule has 0 saturated heterocycles. The van der Waals surface area contributed by atoms with E-state index in [9.17, 15) is 0 Å². The van der Waals surface area contributed by atoms with Crippen LogP contribution in [0.2, 0.25) is 0 Å². The summed E-state index contributed by atoms with van der Waals surface area (Å²) in [5, 5.41) is 10.5. The monoisotopic (exact) mass is 410 g/mol. The van der Waals surface area contributed by atoms with Gasteiger partial charge in [0.05, 0.1) is 5.69 Å². The molecule has 0 fully saturated rings. The van der Waals surface area contributed by atoms with Crippen LogP contribution in [0.5, 0.6) is 0 Å². The summed E-state index contributed by atoms with van der Waals surface area (Å²) in [6.07, 6.45) is 1.81. The molecule has 1 rings (SSSR count). The fourth-order valence-corrected chi connectivity index (χ4v) is 1.91. The van der Waals surface area contributed by atoms with Crippen LogP contribution < -0.4 is 10.6 Å². The van der Waals surface area contributed by atoms with E-state index in [2.05, 4.69) is 27.7 Å². The summed E-state index contributed by atoms with van der Waals surface area (Å²) in [4.78, 5) is 4.49. The van der Waals surface area contributed by atoms with E-state index in [0.29, 0.717) is 0 Å². The molecule has 0 aromatic carbocycles. The molecular formula is C14H27IN4O2. The molecular weight excluding hydrogens is 383 g/mol. The van der Waals surface area contributed by atoms with E-state index >= 15 is 0 Å². The normalized spacial score (nSPS) is 11.1. The molecule has 0 spiro atoms. The summed E-state index contributed by atoms with van der Waals surface area (Å²) in [5.41, 5.74) is 2.14. The SMILES string of the molecule is CCNC(=NCCCOC)NCCc1c(C)noc1C.I. The Morgan fingerprint density at radius 3 is 2.67 bits per heavy atom. The molecule has 0 atom stereocenters. The van der Waals surface area contributed by atoms with Crippen molar-refractivity contribution in [3.63, 3.8) is 0 Å². The quantitative estimate of drug-likeness (QED) is 0.297. The van der Waals surface area contributed by atoms with Gasteiger partial charge in [-0.1, -0.05) is 5.16 Å². The number of aromatic nitrogens is 1. The molecule has 1 aromatic heterocycles. The Bertz CT molecular complexity index is 402. The van der Waals surface area contributed by atoms with Gasteiger partial charge in [0.15, 0.2) is 5.96 Å². The Balaban J connectivity index is 0.00000400. The largest absolute Gasteiger partial charge is 0.385 e. The molecule has 7 heteroatoms. The summed E-state index contributed by atoms with van der Waals surface area (Å²) in [6.45, 7) is 9.12. The van der Waals surface area contributed by atoms with Crippen LogP contribution in [0.1, 0.15) is 30.4 Å². The van der Waals surface area contributed by atoms with Crippen molar-refractivity contribution in [2.24, 2.45) is 4.99 Å². The first-order chi connectivity index (χ1) is 9.69. The van der Waals surface area contributed by atoms with Gasteiger partial charge in [0.1, 0.15) is 5.76 Å². The number of nitrogens with zero attached hydrogens (tertiary/aromatic N) is 2. The molecule has 2 N–H and O–H groups in total. The fraction of sp³-hybridized carbons (Fsp3) is 0.714. The maximum atomic E-state index is 5.15. The average molecular weight is 410 g/mol. The zero-order chi connectivity index (χ0) is 14.8.